The van der Waals surface area contributed by atoms with Gasteiger partial charge in [0.2, 0.25) is 0 Å². The van der Waals surface area contributed by atoms with E-state index in [0.29, 0.717) is 0 Å². The lowest BCUT2D eigenvalue weighted by molar-refractivity contribution is 0.417. The molecule has 0 aromatic rings. The maximum atomic E-state index is 3.43. The van der Waals surface area contributed by atoms with E-state index in [9.17, 15) is 0 Å². The smallest absolute Gasteiger partial charge is 0.00926 e. The molecule has 0 heterocycles. The monoisotopic (exact) mass is 187 g/mol. The fraction of sp³-hybridized carbons (Fsp3) is 1.00. The van der Waals surface area contributed by atoms with Crippen molar-refractivity contribution >= 4 is 11.8 Å². The number of nitrogens with one attached hydrogen (secondary N) is 1. The van der Waals surface area contributed by atoms with Crippen LogP contribution in [0.3, 0.4) is 0 Å². The number of hydrogen-bond donors (Lipinski definition) is 1. The second-order valence-corrected chi connectivity index (χ2v) is 4.97. The molecule has 0 amide bonds. The van der Waals surface area contributed by atoms with Crippen molar-refractivity contribution < 1.29 is 0 Å². The number of thioether (sulfide) groups is 1. The highest BCUT2D eigenvalue weighted by atomic mass is 32.2. The van der Waals surface area contributed by atoms with E-state index in [2.05, 4.69) is 31.1 Å². The summed E-state index contributed by atoms with van der Waals surface area (Å²) in [5.41, 5.74) is 0. The molecule has 0 aromatic heterocycles. The van der Waals surface area contributed by atoms with Crippen LogP contribution in [0.15, 0.2) is 0 Å². The second-order valence-electron chi connectivity index (χ2n) is 3.57. The summed E-state index contributed by atoms with van der Waals surface area (Å²) in [5.74, 6) is 3.60. The first kappa shape index (κ1) is 10.4. The van der Waals surface area contributed by atoms with Crippen LogP contribution in [0.5, 0.6) is 0 Å². The van der Waals surface area contributed by atoms with Crippen LogP contribution in [0.4, 0.5) is 0 Å². The summed E-state index contributed by atoms with van der Waals surface area (Å²) in [6.07, 6.45) is 5.71. The Labute approximate surface area is 80.7 Å². The fourth-order valence-electron chi connectivity index (χ4n) is 2.14. The standard InChI is InChI=1S/C10H21NS/c1-3-12-8-7-9-5-4-6-10(9)11-2/h9-11H,3-8H2,1-2H3. The normalized spacial score (nSPS) is 29.5. The van der Waals surface area contributed by atoms with Gasteiger partial charge in [-0.2, -0.15) is 11.8 Å². The van der Waals surface area contributed by atoms with E-state index in [1.807, 2.05) is 0 Å². The van der Waals surface area contributed by atoms with Crippen LogP contribution >= 0.6 is 11.8 Å². The molecule has 2 heteroatoms. The van der Waals surface area contributed by atoms with E-state index >= 15 is 0 Å². The second kappa shape index (κ2) is 5.87. The average Bonchev–Trinajstić information content (AvgIpc) is 2.52. The van der Waals surface area contributed by atoms with Crippen LogP contribution in [0.2, 0.25) is 0 Å². The first-order valence-corrected chi connectivity index (χ1v) is 6.29. The highest BCUT2D eigenvalue weighted by molar-refractivity contribution is 7.99. The third kappa shape index (κ3) is 2.98. The molecule has 2 unspecified atom stereocenters. The molecule has 1 nitrogen and oxygen atoms in total. The minimum atomic E-state index is 0.822. The van der Waals surface area contributed by atoms with Crippen LogP contribution in [-0.2, 0) is 0 Å². The molecule has 1 saturated carbocycles. The highest BCUT2D eigenvalue weighted by Crippen LogP contribution is 2.29. The Kier molecular flexibility index (Phi) is 5.08. The van der Waals surface area contributed by atoms with Gasteiger partial charge in [0.15, 0.2) is 0 Å². The maximum Gasteiger partial charge on any atom is 0.00926 e. The summed E-state index contributed by atoms with van der Waals surface area (Å²) in [4.78, 5) is 0. The molecular weight excluding hydrogens is 166 g/mol. The van der Waals surface area contributed by atoms with E-state index in [1.165, 1.54) is 37.2 Å². The van der Waals surface area contributed by atoms with Gasteiger partial charge >= 0.3 is 0 Å². The molecule has 0 saturated heterocycles. The Morgan fingerprint density at radius 3 is 2.92 bits per heavy atom. The van der Waals surface area contributed by atoms with Crippen molar-refractivity contribution in [2.45, 2.75) is 38.6 Å². The summed E-state index contributed by atoms with van der Waals surface area (Å²) in [5, 5.41) is 3.43. The van der Waals surface area contributed by atoms with E-state index in [4.69, 9.17) is 0 Å². The lowest BCUT2D eigenvalue weighted by Gasteiger charge is -2.18. The molecule has 0 radical (unpaired) electrons. The van der Waals surface area contributed by atoms with Gasteiger partial charge in [-0.05, 0) is 43.7 Å². The van der Waals surface area contributed by atoms with E-state index < -0.39 is 0 Å². The Hall–Kier alpha value is 0.310. The van der Waals surface area contributed by atoms with Gasteiger partial charge in [-0.15, -0.1) is 0 Å². The van der Waals surface area contributed by atoms with Gasteiger partial charge in [0.1, 0.15) is 0 Å². The van der Waals surface area contributed by atoms with Crippen LogP contribution in [0.25, 0.3) is 0 Å². The molecule has 1 N–H and O–H groups in total. The van der Waals surface area contributed by atoms with Gasteiger partial charge in [0.25, 0.3) is 0 Å². The molecule has 2 atom stereocenters. The molecule has 0 spiro atoms. The van der Waals surface area contributed by atoms with Crippen molar-refractivity contribution in [1.82, 2.24) is 5.32 Å². The van der Waals surface area contributed by atoms with Crippen LogP contribution < -0.4 is 5.32 Å². The van der Waals surface area contributed by atoms with Crippen molar-refractivity contribution in [2.75, 3.05) is 18.6 Å². The topological polar surface area (TPSA) is 12.0 Å². The summed E-state index contributed by atoms with van der Waals surface area (Å²) in [6.45, 7) is 2.24. The molecule has 72 valence electrons. The van der Waals surface area contributed by atoms with Crippen molar-refractivity contribution in [2.24, 2.45) is 5.92 Å². The molecule has 0 aromatic carbocycles. The molecule has 0 bridgehead atoms. The van der Waals surface area contributed by atoms with Gasteiger partial charge in [0, 0.05) is 6.04 Å². The molecule has 1 aliphatic carbocycles. The van der Waals surface area contributed by atoms with Gasteiger partial charge in [-0.3, -0.25) is 0 Å². The first-order valence-electron chi connectivity index (χ1n) is 5.13. The average molecular weight is 187 g/mol. The predicted octanol–water partition coefficient (Wildman–Crippen LogP) is 2.52. The Balaban J connectivity index is 2.12. The van der Waals surface area contributed by atoms with Crippen molar-refractivity contribution in [3.63, 3.8) is 0 Å². The van der Waals surface area contributed by atoms with Gasteiger partial charge in [0.05, 0.1) is 0 Å². The van der Waals surface area contributed by atoms with Crippen LogP contribution in [-0.4, -0.2) is 24.6 Å². The predicted molar refractivity (Wildman–Crippen MR) is 57.8 cm³/mol. The van der Waals surface area contributed by atoms with Crippen molar-refractivity contribution in [3.8, 4) is 0 Å². The maximum absolute atomic E-state index is 3.43. The Morgan fingerprint density at radius 1 is 1.42 bits per heavy atom. The zero-order valence-corrected chi connectivity index (χ0v) is 9.12. The lowest BCUT2D eigenvalue weighted by Crippen LogP contribution is -2.29. The van der Waals surface area contributed by atoms with Crippen molar-refractivity contribution in [1.29, 1.82) is 0 Å². The van der Waals surface area contributed by atoms with Gasteiger partial charge in [-0.1, -0.05) is 13.3 Å². The molecular formula is C10H21NS. The first-order chi connectivity index (χ1) is 5.88. The zero-order valence-electron chi connectivity index (χ0n) is 8.31. The Bertz CT molecular complexity index is 116. The molecule has 0 aliphatic heterocycles. The number of hydrogen-bond acceptors (Lipinski definition) is 2. The highest BCUT2D eigenvalue weighted by Gasteiger charge is 2.24. The molecule has 1 fully saturated rings. The van der Waals surface area contributed by atoms with E-state index in [0.717, 1.165) is 12.0 Å². The summed E-state index contributed by atoms with van der Waals surface area (Å²) >= 11 is 2.08. The largest absolute Gasteiger partial charge is 0.317 e. The Morgan fingerprint density at radius 2 is 2.25 bits per heavy atom. The number of rotatable bonds is 5. The lowest BCUT2D eigenvalue weighted by atomic mass is 10.0. The minimum absolute atomic E-state index is 0.822. The van der Waals surface area contributed by atoms with Crippen molar-refractivity contribution in [3.05, 3.63) is 0 Å². The molecule has 1 aliphatic rings. The summed E-state index contributed by atoms with van der Waals surface area (Å²) < 4.78 is 0. The van der Waals surface area contributed by atoms with Gasteiger partial charge in [-0.25, -0.2) is 0 Å². The SMILES string of the molecule is CCSCCC1CCCC1NC. The summed E-state index contributed by atoms with van der Waals surface area (Å²) in [7, 11) is 2.11. The molecule has 1 rings (SSSR count). The van der Waals surface area contributed by atoms with Crippen LogP contribution in [0.1, 0.15) is 32.6 Å². The zero-order chi connectivity index (χ0) is 8.81. The van der Waals surface area contributed by atoms with Crippen LogP contribution in [0, 0.1) is 5.92 Å². The van der Waals surface area contributed by atoms with E-state index in [-0.39, 0.29) is 0 Å². The third-order valence-corrected chi connectivity index (χ3v) is 3.80. The molecule has 12 heavy (non-hydrogen) atoms. The summed E-state index contributed by atoms with van der Waals surface area (Å²) in [6, 6.07) is 0.822. The quantitative estimate of drug-likeness (QED) is 0.664. The van der Waals surface area contributed by atoms with E-state index in [1.54, 1.807) is 0 Å². The fourth-order valence-corrected chi connectivity index (χ4v) is 2.90. The minimum Gasteiger partial charge on any atom is -0.317 e. The van der Waals surface area contributed by atoms with Gasteiger partial charge < -0.3 is 5.32 Å². The third-order valence-electron chi connectivity index (χ3n) is 2.87.